The Kier molecular flexibility index (Phi) is 4.90. The number of amides is 1. The molecule has 0 radical (unpaired) electrons. The van der Waals surface area contributed by atoms with Gasteiger partial charge in [-0.05, 0) is 28.9 Å². The van der Waals surface area contributed by atoms with Crippen LogP contribution in [0.4, 0.5) is 0 Å². The molecular weight excluding hydrogens is 350 g/mol. The molecule has 0 aliphatic rings. The third kappa shape index (κ3) is 3.99. The van der Waals surface area contributed by atoms with E-state index in [-0.39, 0.29) is 11.1 Å². The number of pyridine rings is 1. The predicted octanol–water partition coefficient (Wildman–Crippen LogP) is 3.23. The zero-order chi connectivity index (χ0) is 13.8. The molecule has 0 aliphatic heterocycles. The van der Waals surface area contributed by atoms with Gasteiger partial charge >= 0.3 is 0 Å². The largest absolute Gasteiger partial charge is 0.352 e. The van der Waals surface area contributed by atoms with Crippen LogP contribution in [-0.4, -0.2) is 22.4 Å². The molecule has 19 heavy (non-hydrogen) atoms. The van der Waals surface area contributed by atoms with Crippen LogP contribution in [0, 0.1) is 6.92 Å². The molecule has 1 amide bonds. The molecule has 2 heterocycles. The van der Waals surface area contributed by atoms with Gasteiger partial charge in [-0.1, -0.05) is 11.6 Å². The van der Waals surface area contributed by atoms with Crippen LogP contribution >= 0.6 is 38.9 Å². The van der Waals surface area contributed by atoms with Gasteiger partial charge in [0.25, 0.3) is 5.91 Å². The quantitative estimate of drug-likeness (QED) is 0.852. The lowest BCUT2D eigenvalue weighted by atomic mass is 10.2. The average molecular weight is 361 g/mol. The molecule has 0 aromatic carbocycles. The van der Waals surface area contributed by atoms with Gasteiger partial charge in [-0.3, -0.25) is 4.79 Å². The van der Waals surface area contributed by atoms with Gasteiger partial charge in [-0.15, -0.1) is 11.3 Å². The molecule has 2 aromatic rings. The Morgan fingerprint density at radius 3 is 3.05 bits per heavy atom. The first-order chi connectivity index (χ1) is 9.06. The van der Waals surface area contributed by atoms with Gasteiger partial charge in [0.15, 0.2) is 0 Å². The molecule has 0 unspecified atom stereocenters. The van der Waals surface area contributed by atoms with Crippen LogP contribution in [0.25, 0.3) is 0 Å². The molecule has 0 bridgehead atoms. The number of nitrogens with zero attached hydrogens (tertiary/aromatic N) is 2. The molecule has 0 fully saturated rings. The van der Waals surface area contributed by atoms with E-state index in [0.717, 1.165) is 15.2 Å². The summed E-state index contributed by atoms with van der Waals surface area (Å²) in [5.41, 5.74) is 1.37. The van der Waals surface area contributed by atoms with E-state index >= 15 is 0 Å². The summed E-state index contributed by atoms with van der Waals surface area (Å²) in [7, 11) is 0. The van der Waals surface area contributed by atoms with Gasteiger partial charge in [-0.25, -0.2) is 9.97 Å². The predicted molar refractivity (Wildman–Crippen MR) is 79.8 cm³/mol. The Morgan fingerprint density at radius 2 is 2.37 bits per heavy atom. The van der Waals surface area contributed by atoms with E-state index in [9.17, 15) is 4.79 Å². The zero-order valence-corrected chi connectivity index (χ0v) is 13.3. The first-order valence-corrected chi connectivity index (χ1v) is 7.61. The molecule has 0 aliphatic carbocycles. The molecule has 2 rings (SSSR count). The fourth-order valence-corrected chi connectivity index (χ4v) is 2.77. The molecule has 4 nitrogen and oxygen atoms in total. The molecule has 100 valence electrons. The maximum Gasteiger partial charge on any atom is 0.254 e. The molecule has 7 heteroatoms. The van der Waals surface area contributed by atoms with Crippen molar-refractivity contribution in [3.63, 3.8) is 0 Å². The SMILES string of the molecule is Cc1csc(CCNC(=O)c2cc(Br)cnc2Cl)n1. The number of thiazole rings is 1. The van der Waals surface area contributed by atoms with E-state index in [4.69, 9.17) is 11.6 Å². The summed E-state index contributed by atoms with van der Waals surface area (Å²) in [5, 5.41) is 6.01. The van der Waals surface area contributed by atoms with Gasteiger partial charge in [0.05, 0.1) is 10.6 Å². The molecule has 0 atom stereocenters. The van der Waals surface area contributed by atoms with Crippen LogP contribution in [0.2, 0.25) is 5.15 Å². The maximum absolute atomic E-state index is 11.9. The number of carbonyl (C=O) groups excluding carboxylic acids is 1. The first kappa shape index (κ1) is 14.4. The highest BCUT2D eigenvalue weighted by molar-refractivity contribution is 9.10. The van der Waals surface area contributed by atoms with E-state index < -0.39 is 0 Å². The van der Waals surface area contributed by atoms with Crippen molar-refractivity contribution in [2.75, 3.05) is 6.54 Å². The van der Waals surface area contributed by atoms with E-state index in [1.165, 1.54) is 0 Å². The Balaban J connectivity index is 1.92. The van der Waals surface area contributed by atoms with Gasteiger partial charge in [0.2, 0.25) is 0 Å². The summed E-state index contributed by atoms with van der Waals surface area (Å²) in [4.78, 5) is 20.2. The van der Waals surface area contributed by atoms with Crippen molar-refractivity contribution >= 4 is 44.8 Å². The normalized spacial score (nSPS) is 10.5. The van der Waals surface area contributed by atoms with Gasteiger partial charge in [0.1, 0.15) is 5.15 Å². The van der Waals surface area contributed by atoms with Crippen LogP contribution in [0.15, 0.2) is 22.1 Å². The summed E-state index contributed by atoms with van der Waals surface area (Å²) in [6, 6.07) is 1.65. The van der Waals surface area contributed by atoms with Crippen molar-refractivity contribution < 1.29 is 4.79 Å². The third-order valence-electron chi connectivity index (χ3n) is 2.34. The maximum atomic E-state index is 11.9. The fourth-order valence-electron chi connectivity index (χ4n) is 1.48. The Labute approximate surface area is 128 Å². The average Bonchev–Trinajstić information content (AvgIpc) is 2.78. The third-order valence-corrected chi connectivity index (χ3v) is 4.10. The molecular formula is C12H11BrClN3OS. The standard InChI is InChI=1S/C12H11BrClN3OS/c1-7-6-19-10(17-7)2-3-15-12(18)9-4-8(13)5-16-11(9)14/h4-6H,2-3H2,1H3,(H,15,18). The number of carbonyl (C=O) groups is 1. The second-order valence-corrected chi connectivity index (χ2v) is 6.10. The van der Waals surface area contributed by atoms with Crippen LogP contribution in [0.1, 0.15) is 21.1 Å². The highest BCUT2D eigenvalue weighted by Gasteiger charge is 2.11. The number of halogens is 2. The molecule has 2 aromatic heterocycles. The van der Waals surface area contributed by atoms with E-state index in [0.29, 0.717) is 18.5 Å². The van der Waals surface area contributed by atoms with Crippen molar-refractivity contribution in [3.8, 4) is 0 Å². The highest BCUT2D eigenvalue weighted by Crippen LogP contribution is 2.17. The lowest BCUT2D eigenvalue weighted by Crippen LogP contribution is -2.26. The van der Waals surface area contributed by atoms with Crippen molar-refractivity contribution in [1.29, 1.82) is 0 Å². The Morgan fingerprint density at radius 1 is 1.58 bits per heavy atom. The van der Waals surface area contributed by atoms with Crippen LogP contribution < -0.4 is 5.32 Å². The summed E-state index contributed by atoms with van der Waals surface area (Å²) in [6.07, 6.45) is 2.26. The topological polar surface area (TPSA) is 54.9 Å². The molecule has 1 N–H and O–H groups in total. The minimum Gasteiger partial charge on any atom is -0.352 e. The number of nitrogens with one attached hydrogen (secondary N) is 1. The smallest absolute Gasteiger partial charge is 0.254 e. The Bertz CT molecular complexity index is 602. The van der Waals surface area contributed by atoms with Crippen molar-refractivity contribution in [2.24, 2.45) is 0 Å². The summed E-state index contributed by atoms with van der Waals surface area (Å²) in [5.74, 6) is -0.230. The fraction of sp³-hybridized carbons (Fsp3) is 0.250. The monoisotopic (exact) mass is 359 g/mol. The zero-order valence-electron chi connectivity index (χ0n) is 10.1. The van der Waals surface area contributed by atoms with Crippen molar-refractivity contribution in [1.82, 2.24) is 15.3 Å². The van der Waals surface area contributed by atoms with Gasteiger partial charge in [-0.2, -0.15) is 0 Å². The lowest BCUT2D eigenvalue weighted by molar-refractivity contribution is 0.0954. The van der Waals surface area contributed by atoms with E-state index in [1.807, 2.05) is 12.3 Å². The number of hydrogen-bond donors (Lipinski definition) is 1. The van der Waals surface area contributed by atoms with E-state index in [1.54, 1.807) is 23.6 Å². The Hall–Kier alpha value is -0.980. The number of aromatic nitrogens is 2. The molecule has 0 saturated carbocycles. The van der Waals surface area contributed by atoms with Crippen LogP contribution in [-0.2, 0) is 6.42 Å². The molecule has 0 spiro atoms. The second kappa shape index (κ2) is 6.45. The van der Waals surface area contributed by atoms with Gasteiger partial charge < -0.3 is 5.32 Å². The first-order valence-electron chi connectivity index (χ1n) is 5.56. The molecule has 0 saturated heterocycles. The van der Waals surface area contributed by atoms with Crippen molar-refractivity contribution in [3.05, 3.63) is 43.5 Å². The second-order valence-electron chi connectivity index (χ2n) is 3.88. The number of rotatable bonds is 4. The number of hydrogen-bond acceptors (Lipinski definition) is 4. The summed E-state index contributed by atoms with van der Waals surface area (Å²) < 4.78 is 0.720. The van der Waals surface area contributed by atoms with Crippen LogP contribution in [0.5, 0.6) is 0 Å². The highest BCUT2D eigenvalue weighted by atomic mass is 79.9. The number of aryl methyl sites for hydroxylation is 1. The minimum atomic E-state index is -0.230. The lowest BCUT2D eigenvalue weighted by Gasteiger charge is -2.05. The van der Waals surface area contributed by atoms with E-state index in [2.05, 4.69) is 31.2 Å². The van der Waals surface area contributed by atoms with Crippen LogP contribution in [0.3, 0.4) is 0 Å². The minimum absolute atomic E-state index is 0.200. The summed E-state index contributed by atoms with van der Waals surface area (Å²) >= 11 is 10.7. The summed E-state index contributed by atoms with van der Waals surface area (Å²) in [6.45, 7) is 2.47. The van der Waals surface area contributed by atoms with Gasteiger partial charge in [0, 0.05) is 34.7 Å². The van der Waals surface area contributed by atoms with Crippen molar-refractivity contribution in [2.45, 2.75) is 13.3 Å².